The van der Waals surface area contributed by atoms with Crippen LogP contribution in [0.3, 0.4) is 0 Å². The van der Waals surface area contributed by atoms with Gasteiger partial charge < -0.3 is 0 Å². The van der Waals surface area contributed by atoms with Crippen LogP contribution >= 0.6 is 12.4 Å². The SMILES string of the molecule is Cl.ONc1cccc2ccccc12. The maximum Gasteiger partial charge on any atom is 0.0680 e. The first-order valence-electron chi connectivity index (χ1n) is 3.79. The van der Waals surface area contributed by atoms with Crippen LogP contribution in [-0.2, 0) is 0 Å². The predicted molar refractivity (Wildman–Crippen MR) is 56.6 cm³/mol. The first-order valence-corrected chi connectivity index (χ1v) is 3.79. The summed E-state index contributed by atoms with van der Waals surface area (Å²) in [6, 6.07) is 13.6. The smallest absolute Gasteiger partial charge is 0.0680 e. The fourth-order valence-corrected chi connectivity index (χ4v) is 1.32. The molecule has 0 aliphatic heterocycles. The molecule has 0 saturated carbocycles. The molecule has 0 aromatic heterocycles. The first kappa shape index (κ1) is 9.84. The van der Waals surface area contributed by atoms with Gasteiger partial charge in [-0.2, -0.15) is 0 Å². The van der Waals surface area contributed by atoms with Crippen molar-refractivity contribution in [1.29, 1.82) is 0 Å². The zero-order chi connectivity index (χ0) is 8.39. The van der Waals surface area contributed by atoms with Gasteiger partial charge in [-0.3, -0.25) is 10.7 Å². The Hall–Kier alpha value is -1.25. The second-order valence-electron chi connectivity index (χ2n) is 2.64. The standard InChI is InChI=1S/C10H9NO.ClH/c12-11-10-7-3-5-8-4-1-2-6-9(8)10;/h1-7,11-12H;1H. The van der Waals surface area contributed by atoms with Crippen LogP contribution in [0, 0.1) is 0 Å². The first-order chi connectivity index (χ1) is 5.92. The second-order valence-corrected chi connectivity index (χ2v) is 2.64. The number of hydrogen-bond donors (Lipinski definition) is 2. The summed E-state index contributed by atoms with van der Waals surface area (Å²) in [6.07, 6.45) is 0. The van der Waals surface area contributed by atoms with E-state index in [1.54, 1.807) is 0 Å². The van der Waals surface area contributed by atoms with Gasteiger partial charge in [0.25, 0.3) is 0 Å². The summed E-state index contributed by atoms with van der Waals surface area (Å²) >= 11 is 0. The molecule has 0 saturated heterocycles. The highest BCUT2D eigenvalue weighted by molar-refractivity contribution is 5.93. The van der Waals surface area contributed by atoms with Gasteiger partial charge in [0, 0.05) is 5.39 Å². The Morgan fingerprint density at radius 1 is 0.923 bits per heavy atom. The molecule has 0 aliphatic carbocycles. The monoisotopic (exact) mass is 195 g/mol. The van der Waals surface area contributed by atoms with Crippen molar-refractivity contribution in [2.45, 2.75) is 0 Å². The molecule has 2 nitrogen and oxygen atoms in total. The summed E-state index contributed by atoms with van der Waals surface area (Å²) in [5.74, 6) is 0. The Labute approximate surface area is 82.6 Å². The topological polar surface area (TPSA) is 32.3 Å². The molecule has 0 aliphatic rings. The Bertz CT molecular complexity index is 398. The Morgan fingerprint density at radius 3 is 2.38 bits per heavy atom. The van der Waals surface area contributed by atoms with Gasteiger partial charge in [0.1, 0.15) is 0 Å². The van der Waals surface area contributed by atoms with Crippen molar-refractivity contribution in [3.05, 3.63) is 42.5 Å². The second kappa shape index (κ2) is 4.12. The predicted octanol–water partition coefficient (Wildman–Crippen LogP) is 3.06. The van der Waals surface area contributed by atoms with Crippen LogP contribution in [0.2, 0.25) is 0 Å². The largest absolute Gasteiger partial charge is 0.291 e. The number of nitrogens with one attached hydrogen (secondary N) is 1. The lowest BCUT2D eigenvalue weighted by Crippen LogP contribution is -1.89. The van der Waals surface area contributed by atoms with Crippen LogP contribution in [-0.4, -0.2) is 5.21 Å². The number of rotatable bonds is 1. The van der Waals surface area contributed by atoms with E-state index in [2.05, 4.69) is 5.48 Å². The molecule has 0 bridgehead atoms. The zero-order valence-corrected chi connectivity index (χ0v) is 7.71. The molecule has 2 aromatic rings. The van der Waals surface area contributed by atoms with E-state index in [1.165, 1.54) is 0 Å². The fourth-order valence-electron chi connectivity index (χ4n) is 1.32. The molecule has 3 heteroatoms. The fraction of sp³-hybridized carbons (Fsp3) is 0. The van der Waals surface area contributed by atoms with Crippen LogP contribution in [0.25, 0.3) is 10.8 Å². The number of anilines is 1. The Balaban J connectivity index is 0.000000845. The molecule has 0 amide bonds. The number of fused-ring (bicyclic) bond motifs is 1. The zero-order valence-electron chi connectivity index (χ0n) is 6.90. The van der Waals surface area contributed by atoms with Gasteiger partial charge in [0.15, 0.2) is 0 Å². The van der Waals surface area contributed by atoms with Gasteiger partial charge in [-0.25, -0.2) is 0 Å². The lowest BCUT2D eigenvalue weighted by Gasteiger charge is -2.02. The third kappa shape index (κ3) is 1.74. The summed E-state index contributed by atoms with van der Waals surface area (Å²) in [7, 11) is 0. The van der Waals surface area contributed by atoms with Crippen LogP contribution in [0.1, 0.15) is 0 Å². The summed E-state index contributed by atoms with van der Waals surface area (Å²) in [6.45, 7) is 0. The third-order valence-electron chi connectivity index (χ3n) is 1.91. The van der Waals surface area contributed by atoms with Crippen LogP contribution in [0.5, 0.6) is 0 Å². The van der Waals surface area contributed by atoms with Gasteiger partial charge >= 0.3 is 0 Å². The molecule has 2 aromatic carbocycles. The third-order valence-corrected chi connectivity index (χ3v) is 1.91. The van der Waals surface area contributed by atoms with Crippen molar-refractivity contribution < 1.29 is 5.21 Å². The van der Waals surface area contributed by atoms with E-state index in [1.807, 2.05) is 42.5 Å². The molecule has 0 unspecified atom stereocenters. The van der Waals surface area contributed by atoms with Crippen molar-refractivity contribution >= 4 is 28.9 Å². The molecular formula is C10H10ClNO. The summed E-state index contributed by atoms with van der Waals surface area (Å²) in [5, 5.41) is 10.9. The van der Waals surface area contributed by atoms with E-state index < -0.39 is 0 Å². The van der Waals surface area contributed by atoms with Gasteiger partial charge in [0.05, 0.1) is 5.69 Å². The number of halogens is 1. The lowest BCUT2D eigenvalue weighted by atomic mass is 10.1. The van der Waals surface area contributed by atoms with E-state index in [0.717, 1.165) is 16.5 Å². The minimum absolute atomic E-state index is 0. The number of benzene rings is 2. The average molecular weight is 196 g/mol. The maximum absolute atomic E-state index is 8.79. The summed E-state index contributed by atoms with van der Waals surface area (Å²) in [4.78, 5) is 0. The maximum atomic E-state index is 8.79. The van der Waals surface area contributed by atoms with Gasteiger partial charge in [-0.15, -0.1) is 12.4 Å². The quantitative estimate of drug-likeness (QED) is 0.686. The van der Waals surface area contributed by atoms with Gasteiger partial charge in [0.2, 0.25) is 0 Å². The molecule has 13 heavy (non-hydrogen) atoms. The van der Waals surface area contributed by atoms with Crippen molar-refractivity contribution in [3.63, 3.8) is 0 Å². The van der Waals surface area contributed by atoms with Crippen molar-refractivity contribution in [2.75, 3.05) is 5.48 Å². The Kier molecular flexibility index (Phi) is 3.12. The summed E-state index contributed by atoms with van der Waals surface area (Å²) in [5.41, 5.74) is 2.91. The van der Waals surface area contributed by atoms with E-state index in [-0.39, 0.29) is 12.4 Å². The minimum atomic E-state index is 0. The highest BCUT2D eigenvalue weighted by atomic mass is 35.5. The van der Waals surface area contributed by atoms with Crippen molar-refractivity contribution in [2.24, 2.45) is 0 Å². The summed E-state index contributed by atoms with van der Waals surface area (Å²) < 4.78 is 0. The normalized spacial score (nSPS) is 9.31. The van der Waals surface area contributed by atoms with E-state index >= 15 is 0 Å². The molecular weight excluding hydrogens is 186 g/mol. The molecule has 0 radical (unpaired) electrons. The van der Waals surface area contributed by atoms with E-state index in [4.69, 9.17) is 5.21 Å². The molecule has 0 atom stereocenters. The van der Waals surface area contributed by atoms with Crippen molar-refractivity contribution in [1.82, 2.24) is 0 Å². The highest BCUT2D eigenvalue weighted by Gasteiger charge is 1.96. The van der Waals surface area contributed by atoms with E-state index in [0.29, 0.717) is 0 Å². The molecule has 0 fully saturated rings. The van der Waals surface area contributed by atoms with Crippen LogP contribution in [0.15, 0.2) is 42.5 Å². The minimum Gasteiger partial charge on any atom is -0.291 e. The highest BCUT2D eigenvalue weighted by Crippen LogP contribution is 2.21. The average Bonchev–Trinajstić information content (AvgIpc) is 2.17. The molecule has 0 heterocycles. The molecule has 0 spiro atoms. The van der Waals surface area contributed by atoms with E-state index in [9.17, 15) is 0 Å². The van der Waals surface area contributed by atoms with Gasteiger partial charge in [-0.1, -0.05) is 36.4 Å². The van der Waals surface area contributed by atoms with Gasteiger partial charge in [-0.05, 0) is 11.5 Å². The van der Waals surface area contributed by atoms with Crippen LogP contribution in [0.4, 0.5) is 5.69 Å². The number of hydrogen-bond acceptors (Lipinski definition) is 2. The molecule has 2 N–H and O–H groups in total. The van der Waals surface area contributed by atoms with Crippen molar-refractivity contribution in [3.8, 4) is 0 Å². The molecule has 2 rings (SSSR count). The lowest BCUT2D eigenvalue weighted by molar-refractivity contribution is 0.390. The van der Waals surface area contributed by atoms with Crippen LogP contribution < -0.4 is 5.48 Å². The Morgan fingerprint density at radius 2 is 1.62 bits per heavy atom. The molecule has 68 valence electrons.